The predicted molar refractivity (Wildman–Crippen MR) is 94.9 cm³/mol. The van der Waals surface area contributed by atoms with Gasteiger partial charge in [0, 0.05) is 24.7 Å². The fourth-order valence-corrected chi connectivity index (χ4v) is 3.44. The van der Waals surface area contributed by atoms with Crippen LogP contribution in [0.3, 0.4) is 0 Å². The van der Waals surface area contributed by atoms with Gasteiger partial charge in [0.25, 0.3) is 0 Å². The van der Waals surface area contributed by atoms with Gasteiger partial charge in [-0.3, -0.25) is 19.3 Å². The summed E-state index contributed by atoms with van der Waals surface area (Å²) in [4.78, 5) is 38.2. The molecule has 3 amide bonds. The Labute approximate surface area is 151 Å². The zero-order chi connectivity index (χ0) is 18.7. The summed E-state index contributed by atoms with van der Waals surface area (Å²) in [7, 11) is 3.05. The van der Waals surface area contributed by atoms with Crippen LogP contribution in [-0.4, -0.2) is 43.4 Å². The van der Waals surface area contributed by atoms with Crippen molar-refractivity contribution in [1.82, 2.24) is 4.90 Å². The first-order valence-electron chi connectivity index (χ1n) is 8.57. The van der Waals surface area contributed by atoms with Gasteiger partial charge in [0.15, 0.2) is 11.5 Å². The Morgan fingerprint density at radius 1 is 1.08 bits per heavy atom. The molecule has 0 aromatic heterocycles. The summed E-state index contributed by atoms with van der Waals surface area (Å²) in [6, 6.07) is 5.05. The second-order valence-corrected chi connectivity index (χ2v) is 6.35. The van der Waals surface area contributed by atoms with Gasteiger partial charge in [0.05, 0.1) is 26.1 Å². The molecule has 7 nitrogen and oxygen atoms in total. The number of rotatable bonds is 6. The number of hydrogen-bond acceptors (Lipinski definition) is 5. The fraction of sp³-hybridized carbons (Fsp3) is 0.421. The van der Waals surface area contributed by atoms with Gasteiger partial charge in [-0.15, -0.1) is 0 Å². The Hall–Kier alpha value is -2.83. The molecule has 0 spiro atoms. The smallest absolute Gasteiger partial charge is 0.233 e. The van der Waals surface area contributed by atoms with Gasteiger partial charge in [0.2, 0.25) is 17.7 Å². The number of methoxy groups -OCH3 is 2. The van der Waals surface area contributed by atoms with Crippen LogP contribution in [0.1, 0.15) is 19.3 Å². The number of carbonyl (C=O) groups is 3. The lowest BCUT2D eigenvalue weighted by Gasteiger charge is -2.15. The second-order valence-electron chi connectivity index (χ2n) is 6.35. The summed E-state index contributed by atoms with van der Waals surface area (Å²) in [5, 5.41) is 2.75. The molecule has 1 aromatic carbocycles. The summed E-state index contributed by atoms with van der Waals surface area (Å²) in [5.74, 6) is -0.0538. The molecular weight excluding hydrogens is 336 g/mol. The van der Waals surface area contributed by atoms with Crippen LogP contribution in [-0.2, 0) is 14.4 Å². The van der Waals surface area contributed by atoms with Crippen LogP contribution in [0, 0.1) is 11.8 Å². The molecular formula is C19H22N2O5. The maximum Gasteiger partial charge on any atom is 0.233 e. The van der Waals surface area contributed by atoms with Crippen molar-refractivity contribution in [1.29, 1.82) is 0 Å². The molecule has 2 atom stereocenters. The number of hydrogen-bond donors (Lipinski definition) is 1. The minimum Gasteiger partial charge on any atom is -0.493 e. The molecule has 1 aliphatic heterocycles. The number of carbonyl (C=O) groups excluding carboxylic acids is 3. The lowest BCUT2D eigenvalue weighted by molar-refractivity contribution is -0.140. The van der Waals surface area contributed by atoms with E-state index in [1.165, 1.54) is 19.1 Å². The van der Waals surface area contributed by atoms with Crippen LogP contribution in [0.15, 0.2) is 30.4 Å². The molecule has 0 radical (unpaired) electrons. The molecule has 0 unspecified atom stereocenters. The largest absolute Gasteiger partial charge is 0.493 e. The summed E-state index contributed by atoms with van der Waals surface area (Å²) in [5.41, 5.74) is 0.560. The summed E-state index contributed by atoms with van der Waals surface area (Å²) in [6.07, 6.45) is 5.14. The molecule has 1 fully saturated rings. The molecule has 0 bridgehead atoms. The third-order valence-corrected chi connectivity index (χ3v) is 4.83. The van der Waals surface area contributed by atoms with Gasteiger partial charge in [-0.1, -0.05) is 12.2 Å². The van der Waals surface area contributed by atoms with E-state index >= 15 is 0 Å². The number of benzene rings is 1. The number of fused-ring (bicyclic) bond motifs is 1. The van der Waals surface area contributed by atoms with E-state index in [-0.39, 0.29) is 42.5 Å². The monoisotopic (exact) mass is 358 g/mol. The maximum absolute atomic E-state index is 12.4. The number of nitrogens with one attached hydrogen (secondary N) is 1. The summed E-state index contributed by atoms with van der Waals surface area (Å²) < 4.78 is 10.4. The van der Waals surface area contributed by atoms with Crippen molar-refractivity contribution in [3.05, 3.63) is 30.4 Å². The Balaban J connectivity index is 1.58. The van der Waals surface area contributed by atoms with Crippen LogP contribution in [0.2, 0.25) is 0 Å². The highest BCUT2D eigenvalue weighted by molar-refractivity contribution is 6.05. The zero-order valence-corrected chi connectivity index (χ0v) is 14.9. The van der Waals surface area contributed by atoms with Crippen LogP contribution in [0.4, 0.5) is 5.69 Å². The minimum absolute atomic E-state index is 0.0543. The van der Waals surface area contributed by atoms with E-state index < -0.39 is 0 Å². The molecule has 0 saturated carbocycles. The van der Waals surface area contributed by atoms with Gasteiger partial charge >= 0.3 is 0 Å². The predicted octanol–water partition coefficient (Wildman–Crippen LogP) is 1.98. The zero-order valence-electron chi connectivity index (χ0n) is 14.9. The number of amides is 3. The lowest BCUT2D eigenvalue weighted by atomic mass is 9.85. The standard InChI is InChI=1S/C19H22N2O5/c1-25-15-8-7-12(11-16(15)26-2)20-17(22)9-10-21-18(23)13-5-3-4-6-14(13)19(21)24/h3-4,7-8,11,13-14H,5-6,9-10H2,1-2H3,(H,20,22)/t13-,14-/m0/s1. The minimum atomic E-state index is -0.272. The maximum atomic E-state index is 12.4. The van der Waals surface area contributed by atoms with Gasteiger partial charge in [0.1, 0.15) is 0 Å². The molecule has 1 aliphatic carbocycles. The van der Waals surface area contributed by atoms with E-state index in [4.69, 9.17) is 9.47 Å². The quantitative estimate of drug-likeness (QED) is 0.621. The molecule has 2 aliphatic rings. The Bertz CT molecular complexity index is 732. The van der Waals surface area contributed by atoms with E-state index in [0.29, 0.717) is 30.0 Å². The normalized spacial score (nSPS) is 21.5. The summed E-state index contributed by atoms with van der Waals surface area (Å²) in [6.45, 7) is 0.101. The number of likely N-dealkylation sites (tertiary alicyclic amines) is 1. The topological polar surface area (TPSA) is 84.9 Å². The molecule has 3 rings (SSSR count). The first-order chi connectivity index (χ1) is 12.5. The van der Waals surface area contributed by atoms with Gasteiger partial charge < -0.3 is 14.8 Å². The third kappa shape index (κ3) is 3.42. The number of anilines is 1. The van der Waals surface area contributed by atoms with Gasteiger partial charge in [-0.25, -0.2) is 0 Å². The van der Waals surface area contributed by atoms with Crippen LogP contribution in [0.5, 0.6) is 11.5 Å². The average Bonchev–Trinajstić information content (AvgIpc) is 2.90. The van der Waals surface area contributed by atoms with Crippen molar-refractivity contribution in [2.45, 2.75) is 19.3 Å². The van der Waals surface area contributed by atoms with E-state index in [0.717, 1.165) is 0 Å². The third-order valence-electron chi connectivity index (χ3n) is 4.83. The molecule has 138 valence electrons. The van der Waals surface area contributed by atoms with Gasteiger partial charge in [-0.2, -0.15) is 0 Å². The number of allylic oxidation sites excluding steroid dienone is 2. The highest BCUT2D eigenvalue weighted by Gasteiger charge is 2.46. The van der Waals surface area contributed by atoms with Crippen LogP contribution >= 0.6 is 0 Å². The Kier molecular flexibility index (Phi) is 5.25. The summed E-state index contributed by atoms with van der Waals surface area (Å²) >= 11 is 0. The Morgan fingerprint density at radius 2 is 1.69 bits per heavy atom. The fourth-order valence-electron chi connectivity index (χ4n) is 3.44. The first kappa shape index (κ1) is 18.0. The molecule has 7 heteroatoms. The molecule has 1 aromatic rings. The highest BCUT2D eigenvalue weighted by Crippen LogP contribution is 2.35. The average molecular weight is 358 g/mol. The van der Waals surface area contributed by atoms with E-state index in [2.05, 4.69) is 5.32 Å². The number of nitrogens with zero attached hydrogens (tertiary/aromatic N) is 1. The lowest BCUT2D eigenvalue weighted by Crippen LogP contribution is -2.34. The molecule has 1 N–H and O–H groups in total. The van der Waals surface area contributed by atoms with Crippen LogP contribution < -0.4 is 14.8 Å². The molecule has 26 heavy (non-hydrogen) atoms. The highest BCUT2D eigenvalue weighted by atomic mass is 16.5. The van der Waals surface area contributed by atoms with Crippen molar-refractivity contribution >= 4 is 23.4 Å². The van der Waals surface area contributed by atoms with E-state index in [9.17, 15) is 14.4 Å². The van der Waals surface area contributed by atoms with Gasteiger partial charge in [-0.05, 0) is 25.0 Å². The van der Waals surface area contributed by atoms with Crippen molar-refractivity contribution in [2.24, 2.45) is 11.8 Å². The molecule has 1 saturated heterocycles. The van der Waals surface area contributed by atoms with Crippen molar-refractivity contribution in [3.63, 3.8) is 0 Å². The SMILES string of the molecule is COc1ccc(NC(=O)CCN2C(=O)[C@H]3CC=CC[C@@H]3C2=O)cc1OC. The second kappa shape index (κ2) is 7.59. The first-order valence-corrected chi connectivity index (χ1v) is 8.57. The van der Waals surface area contributed by atoms with E-state index in [1.54, 1.807) is 18.2 Å². The van der Waals surface area contributed by atoms with Crippen molar-refractivity contribution in [2.75, 3.05) is 26.1 Å². The van der Waals surface area contributed by atoms with Crippen LogP contribution in [0.25, 0.3) is 0 Å². The van der Waals surface area contributed by atoms with Crippen molar-refractivity contribution in [3.8, 4) is 11.5 Å². The molecule has 1 heterocycles. The number of ether oxygens (including phenoxy) is 2. The van der Waals surface area contributed by atoms with E-state index in [1.807, 2.05) is 12.2 Å². The number of imide groups is 1. The van der Waals surface area contributed by atoms with Crippen molar-refractivity contribution < 1.29 is 23.9 Å². The Morgan fingerprint density at radius 3 is 2.27 bits per heavy atom.